The van der Waals surface area contributed by atoms with Crippen molar-refractivity contribution in [3.63, 3.8) is 0 Å². The van der Waals surface area contributed by atoms with Gasteiger partial charge in [-0.25, -0.2) is 4.68 Å². The number of benzene rings is 2. The summed E-state index contributed by atoms with van der Waals surface area (Å²) in [5.74, 6) is 2.05. The van der Waals surface area contributed by atoms with Crippen molar-refractivity contribution >= 4 is 29.4 Å². The fraction of sp³-hybridized carbons (Fsp3) is 0.414. The number of carbonyl (C=O) groups excluding carboxylic acids is 2. The molecule has 6 rings (SSSR count). The number of fused-ring (bicyclic) bond motifs is 2. The molecule has 0 radical (unpaired) electrons. The quantitative estimate of drug-likeness (QED) is 0.515. The fourth-order valence-corrected chi connectivity index (χ4v) is 6.11. The maximum absolute atomic E-state index is 13.7. The number of nitrogens with one attached hydrogen (secondary N) is 1. The maximum atomic E-state index is 13.7. The number of carbonyl (C=O) groups is 2. The second kappa shape index (κ2) is 9.38. The van der Waals surface area contributed by atoms with Crippen LogP contribution >= 0.6 is 11.8 Å². The van der Waals surface area contributed by atoms with Crippen molar-refractivity contribution in [3.05, 3.63) is 64.8 Å². The molecule has 1 atom stereocenters. The molecule has 38 heavy (non-hydrogen) atoms. The Morgan fingerprint density at radius 2 is 1.84 bits per heavy atom. The van der Waals surface area contributed by atoms with Crippen LogP contribution in [0.2, 0.25) is 0 Å². The molecule has 0 saturated heterocycles. The zero-order chi connectivity index (χ0) is 26.6. The number of aromatic nitrogens is 2. The topological polar surface area (TPSA) is 85.7 Å². The number of hydrogen-bond acceptors (Lipinski definition) is 6. The summed E-state index contributed by atoms with van der Waals surface area (Å²) in [6.07, 6.45) is 1.98. The van der Waals surface area contributed by atoms with Crippen LogP contribution in [0.15, 0.2) is 42.5 Å². The molecule has 2 aliphatic heterocycles. The Balaban J connectivity index is 1.56. The number of nitrogens with zero attached hydrogens (tertiary/aromatic N) is 3. The molecule has 8 nitrogen and oxygen atoms in total. The van der Waals surface area contributed by atoms with Crippen LogP contribution in [0.5, 0.6) is 11.5 Å². The van der Waals surface area contributed by atoms with E-state index < -0.39 is 0 Å². The standard InChI is InChI=1S/C29H32N4O4S/c1-17-5-10-20(11-6-17)33-28-25(27(31-33)29(2,3)4)26(18-7-12-21-22(13-18)37-16-36-21)38-15-24(35)32(28)14-23(34)30-19-8-9-19/h5-7,10-13,19,26H,8-9,14-16H2,1-4H3,(H,30,34)/t26-/m0/s1. The van der Waals surface area contributed by atoms with Crippen LogP contribution < -0.4 is 19.7 Å². The highest BCUT2D eigenvalue weighted by atomic mass is 32.2. The Hall–Kier alpha value is -3.46. The molecule has 1 saturated carbocycles. The molecule has 1 N–H and O–H groups in total. The second-order valence-electron chi connectivity index (χ2n) is 11.2. The van der Waals surface area contributed by atoms with E-state index in [0.717, 1.165) is 40.9 Å². The van der Waals surface area contributed by atoms with E-state index in [-0.39, 0.29) is 47.6 Å². The summed E-state index contributed by atoms with van der Waals surface area (Å²) >= 11 is 1.56. The summed E-state index contributed by atoms with van der Waals surface area (Å²) in [4.78, 5) is 28.4. The minimum Gasteiger partial charge on any atom is -0.454 e. The Bertz CT molecular complexity index is 1410. The Labute approximate surface area is 226 Å². The molecule has 3 aliphatic rings. The number of anilines is 1. The third kappa shape index (κ3) is 4.64. The third-order valence-electron chi connectivity index (χ3n) is 7.02. The summed E-state index contributed by atoms with van der Waals surface area (Å²) in [6, 6.07) is 14.3. The van der Waals surface area contributed by atoms with Crippen molar-refractivity contribution in [2.75, 3.05) is 24.0 Å². The molecule has 0 bridgehead atoms. The van der Waals surface area contributed by atoms with E-state index in [9.17, 15) is 9.59 Å². The van der Waals surface area contributed by atoms with Crippen LogP contribution in [-0.4, -0.2) is 46.7 Å². The number of hydrogen-bond donors (Lipinski definition) is 1. The largest absolute Gasteiger partial charge is 0.454 e. The van der Waals surface area contributed by atoms with Gasteiger partial charge in [0.2, 0.25) is 18.6 Å². The predicted molar refractivity (Wildman–Crippen MR) is 147 cm³/mol. The highest BCUT2D eigenvalue weighted by Gasteiger charge is 2.40. The monoisotopic (exact) mass is 532 g/mol. The molecule has 0 spiro atoms. The molecular formula is C29H32N4O4S. The molecule has 3 aromatic rings. The lowest BCUT2D eigenvalue weighted by molar-refractivity contribution is -0.123. The zero-order valence-electron chi connectivity index (χ0n) is 22.1. The molecule has 1 aromatic heterocycles. The summed E-state index contributed by atoms with van der Waals surface area (Å²) in [7, 11) is 0. The molecule has 0 unspecified atom stereocenters. The number of rotatable bonds is 5. The molecule has 2 amide bonds. The number of thioether (sulfide) groups is 1. The number of amides is 2. The molecule has 3 heterocycles. The van der Waals surface area contributed by atoms with E-state index in [0.29, 0.717) is 17.3 Å². The SMILES string of the molecule is Cc1ccc(-n2nc(C(C)(C)C)c3c2N(CC(=O)NC2CC2)C(=O)CS[C@H]3c2ccc3c(c2)OCO3)cc1. The second-order valence-corrected chi connectivity index (χ2v) is 12.3. The first-order valence-corrected chi connectivity index (χ1v) is 14.1. The number of aryl methyl sites for hydroxylation is 1. The van der Waals surface area contributed by atoms with Gasteiger partial charge in [0, 0.05) is 17.0 Å². The Morgan fingerprint density at radius 1 is 1.11 bits per heavy atom. The smallest absolute Gasteiger partial charge is 0.240 e. The van der Waals surface area contributed by atoms with Gasteiger partial charge in [-0.3, -0.25) is 14.5 Å². The highest BCUT2D eigenvalue weighted by Crippen LogP contribution is 2.49. The summed E-state index contributed by atoms with van der Waals surface area (Å²) in [6.45, 7) is 8.59. The molecule has 9 heteroatoms. The summed E-state index contributed by atoms with van der Waals surface area (Å²) < 4.78 is 13.1. The average Bonchev–Trinajstić information content (AvgIpc) is 3.44. The summed E-state index contributed by atoms with van der Waals surface area (Å²) in [5, 5.41) is 8.00. The van der Waals surface area contributed by atoms with E-state index in [1.54, 1.807) is 16.7 Å². The van der Waals surface area contributed by atoms with Gasteiger partial charge in [-0.15, -0.1) is 11.8 Å². The fourth-order valence-electron chi connectivity index (χ4n) is 4.92. The van der Waals surface area contributed by atoms with Crippen LogP contribution in [0, 0.1) is 6.92 Å². The normalized spacial score (nSPS) is 18.8. The average molecular weight is 533 g/mol. The Morgan fingerprint density at radius 3 is 2.55 bits per heavy atom. The molecule has 1 fully saturated rings. The van der Waals surface area contributed by atoms with Crippen molar-refractivity contribution in [3.8, 4) is 17.2 Å². The first kappa shape index (κ1) is 24.9. The van der Waals surface area contributed by atoms with E-state index in [2.05, 4.69) is 26.1 Å². The van der Waals surface area contributed by atoms with Gasteiger partial charge >= 0.3 is 0 Å². The minimum atomic E-state index is -0.315. The lowest BCUT2D eigenvalue weighted by Crippen LogP contribution is -2.43. The van der Waals surface area contributed by atoms with Gasteiger partial charge in [0.1, 0.15) is 12.4 Å². The van der Waals surface area contributed by atoms with Gasteiger partial charge in [0.25, 0.3) is 0 Å². The first-order chi connectivity index (χ1) is 18.2. The van der Waals surface area contributed by atoms with Crippen LogP contribution in [-0.2, 0) is 15.0 Å². The molecule has 198 valence electrons. The predicted octanol–water partition coefficient (Wildman–Crippen LogP) is 4.65. The molecular weight excluding hydrogens is 500 g/mol. The van der Waals surface area contributed by atoms with Crippen LogP contribution in [0.3, 0.4) is 0 Å². The van der Waals surface area contributed by atoms with Gasteiger partial charge in [-0.1, -0.05) is 44.5 Å². The van der Waals surface area contributed by atoms with Crippen molar-refractivity contribution in [1.29, 1.82) is 0 Å². The third-order valence-corrected chi connectivity index (χ3v) is 8.28. The maximum Gasteiger partial charge on any atom is 0.240 e. The summed E-state index contributed by atoms with van der Waals surface area (Å²) in [5.41, 5.74) is 4.52. The minimum absolute atomic E-state index is 0.0438. The van der Waals surface area contributed by atoms with Gasteiger partial charge in [-0.05, 0) is 49.6 Å². The highest BCUT2D eigenvalue weighted by molar-refractivity contribution is 8.00. The van der Waals surface area contributed by atoms with Gasteiger partial charge in [0.15, 0.2) is 11.5 Å². The van der Waals surface area contributed by atoms with Crippen LogP contribution in [0.25, 0.3) is 5.69 Å². The van der Waals surface area contributed by atoms with Gasteiger partial charge in [0.05, 0.1) is 22.4 Å². The number of ether oxygens (including phenoxy) is 2. The van der Waals surface area contributed by atoms with Crippen molar-refractivity contribution in [2.24, 2.45) is 0 Å². The van der Waals surface area contributed by atoms with Gasteiger partial charge in [-0.2, -0.15) is 5.10 Å². The van der Waals surface area contributed by atoms with Crippen molar-refractivity contribution < 1.29 is 19.1 Å². The lowest BCUT2D eigenvalue weighted by Gasteiger charge is -2.24. The van der Waals surface area contributed by atoms with Crippen molar-refractivity contribution in [1.82, 2.24) is 15.1 Å². The first-order valence-electron chi connectivity index (χ1n) is 13.0. The van der Waals surface area contributed by atoms with E-state index in [1.807, 2.05) is 54.1 Å². The van der Waals surface area contributed by atoms with E-state index in [4.69, 9.17) is 14.6 Å². The van der Waals surface area contributed by atoms with Crippen LogP contribution in [0.1, 0.15) is 61.2 Å². The van der Waals surface area contributed by atoms with E-state index >= 15 is 0 Å². The van der Waals surface area contributed by atoms with Crippen LogP contribution in [0.4, 0.5) is 5.82 Å². The molecule has 2 aromatic carbocycles. The van der Waals surface area contributed by atoms with Crippen molar-refractivity contribution in [2.45, 2.75) is 57.2 Å². The Kier molecular flexibility index (Phi) is 6.13. The lowest BCUT2D eigenvalue weighted by atomic mass is 9.87. The molecule has 1 aliphatic carbocycles. The van der Waals surface area contributed by atoms with Gasteiger partial charge < -0.3 is 14.8 Å². The zero-order valence-corrected chi connectivity index (χ0v) is 22.9. The van der Waals surface area contributed by atoms with E-state index in [1.165, 1.54) is 0 Å².